The van der Waals surface area contributed by atoms with E-state index in [-0.39, 0.29) is 22.0 Å². The molecule has 1 N–H and O–H groups in total. The molecule has 9 heteroatoms. The smallest absolute Gasteiger partial charge is 0.271 e. The monoisotopic (exact) mass is 336 g/mol. The Bertz CT molecular complexity index is 693. The number of rotatable bonds is 4. The van der Waals surface area contributed by atoms with Crippen LogP contribution >= 0.6 is 11.6 Å². The van der Waals surface area contributed by atoms with Gasteiger partial charge in [-0.1, -0.05) is 11.6 Å². The highest BCUT2D eigenvalue weighted by atomic mass is 35.5. The zero-order chi connectivity index (χ0) is 16.8. The largest absolute Gasteiger partial charge is 0.378 e. The van der Waals surface area contributed by atoms with Crippen LogP contribution in [0.4, 0.5) is 11.4 Å². The van der Waals surface area contributed by atoms with Crippen molar-refractivity contribution in [3.63, 3.8) is 0 Å². The topological polar surface area (TPSA) is 108 Å². The normalized spacial score (nSPS) is 15.0. The Balaban J connectivity index is 2.16. The highest BCUT2D eigenvalue weighted by Gasteiger charge is 2.16. The number of benzene rings is 1. The van der Waals surface area contributed by atoms with Crippen LogP contribution in [0, 0.1) is 21.4 Å². The number of anilines is 1. The third-order valence-corrected chi connectivity index (χ3v) is 3.46. The lowest BCUT2D eigenvalue weighted by molar-refractivity contribution is -0.384. The van der Waals surface area contributed by atoms with Crippen LogP contribution in [0.15, 0.2) is 30.0 Å². The molecule has 23 heavy (non-hydrogen) atoms. The van der Waals surface area contributed by atoms with Crippen molar-refractivity contribution >= 4 is 28.9 Å². The Hall–Kier alpha value is -2.63. The summed E-state index contributed by atoms with van der Waals surface area (Å²) < 4.78 is 5.19. The second kappa shape index (κ2) is 7.58. The number of amides is 1. The van der Waals surface area contributed by atoms with E-state index in [1.807, 2.05) is 6.07 Å². The number of nitriles is 1. The predicted molar refractivity (Wildman–Crippen MR) is 82.8 cm³/mol. The van der Waals surface area contributed by atoms with Crippen LogP contribution in [-0.2, 0) is 9.53 Å². The van der Waals surface area contributed by atoms with Crippen LogP contribution in [0.2, 0.25) is 5.02 Å². The first kappa shape index (κ1) is 16.7. The number of non-ortho nitro benzene ring substituents is 1. The highest BCUT2D eigenvalue weighted by Crippen LogP contribution is 2.27. The number of nitro benzene ring substituents is 1. The summed E-state index contributed by atoms with van der Waals surface area (Å²) in [6, 6.07) is 5.50. The zero-order valence-electron chi connectivity index (χ0n) is 12.0. The fourth-order valence-corrected chi connectivity index (χ4v) is 2.10. The maximum atomic E-state index is 12.2. The van der Waals surface area contributed by atoms with Crippen molar-refractivity contribution in [1.29, 1.82) is 5.26 Å². The first-order valence-corrected chi connectivity index (χ1v) is 7.08. The number of carbonyl (C=O) groups is 1. The molecular weight excluding hydrogens is 324 g/mol. The third kappa shape index (κ3) is 4.42. The zero-order valence-corrected chi connectivity index (χ0v) is 12.7. The molecule has 1 aromatic carbocycles. The molecule has 0 spiro atoms. The van der Waals surface area contributed by atoms with E-state index in [9.17, 15) is 14.9 Å². The van der Waals surface area contributed by atoms with E-state index in [4.69, 9.17) is 21.6 Å². The number of nitrogens with one attached hydrogen (secondary N) is 1. The van der Waals surface area contributed by atoms with Gasteiger partial charge in [-0.2, -0.15) is 5.26 Å². The molecule has 2 rings (SSSR count). The lowest BCUT2D eigenvalue weighted by atomic mass is 10.2. The van der Waals surface area contributed by atoms with Crippen LogP contribution in [0.1, 0.15) is 0 Å². The summed E-state index contributed by atoms with van der Waals surface area (Å²) in [4.78, 5) is 24.1. The fraction of sp³-hybridized carbons (Fsp3) is 0.286. The summed E-state index contributed by atoms with van der Waals surface area (Å²) in [5, 5.41) is 22.5. The summed E-state index contributed by atoms with van der Waals surface area (Å²) in [6.45, 7) is 2.20. The first-order valence-electron chi connectivity index (χ1n) is 6.70. The van der Waals surface area contributed by atoms with Gasteiger partial charge >= 0.3 is 0 Å². The van der Waals surface area contributed by atoms with E-state index in [0.717, 1.165) is 6.07 Å². The van der Waals surface area contributed by atoms with E-state index in [1.54, 1.807) is 4.90 Å². The highest BCUT2D eigenvalue weighted by molar-refractivity contribution is 6.34. The van der Waals surface area contributed by atoms with Crippen molar-refractivity contribution in [2.24, 2.45) is 0 Å². The van der Waals surface area contributed by atoms with E-state index < -0.39 is 10.8 Å². The number of hydrogen-bond donors (Lipinski definition) is 1. The van der Waals surface area contributed by atoms with Crippen molar-refractivity contribution in [2.75, 3.05) is 31.6 Å². The molecule has 1 aliphatic rings. The quantitative estimate of drug-likeness (QED) is 0.389. The van der Waals surface area contributed by atoms with E-state index in [1.165, 1.54) is 18.3 Å². The van der Waals surface area contributed by atoms with Crippen molar-refractivity contribution in [3.8, 4) is 6.07 Å². The molecular formula is C14H13ClN4O4. The molecule has 0 unspecified atom stereocenters. The number of halogens is 1. The van der Waals surface area contributed by atoms with Gasteiger partial charge in [-0.05, 0) is 6.07 Å². The molecule has 1 aliphatic heterocycles. The number of carbonyl (C=O) groups excluding carboxylic acids is 1. The predicted octanol–water partition coefficient (Wildman–Crippen LogP) is 1.93. The van der Waals surface area contributed by atoms with Gasteiger partial charge in [-0.15, -0.1) is 0 Å². The van der Waals surface area contributed by atoms with Crippen LogP contribution < -0.4 is 5.32 Å². The number of hydrogen-bond acceptors (Lipinski definition) is 6. The summed E-state index contributed by atoms with van der Waals surface area (Å²) in [6.07, 6.45) is 1.45. The van der Waals surface area contributed by atoms with Crippen molar-refractivity contribution in [1.82, 2.24) is 4.90 Å². The number of nitrogens with zero attached hydrogens (tertiary/aromatic N) is 3. The van der Waals surface area contributed by atoms with Gasteiger partial charge in [0.1, 0.15) is 11.6 Å². The number of morpholine rings is 1. The molecule has 0 atom stereocenters. The Morgan fingerprint density at radius 1 is 1.48 bits per heavy atom. The minimum absolute atomic E-state index is 0.0778. The second-order valence-corrected chi connectivity index (χ2v) is 5.09. The Morgan fingerprint density at radius 2 is 2.17 bits per heavy atom. The van der Waals surface area contributed by atoms with E-state index >= 15 is 0 Å². The number of nitro groups is 1. The molecule has 120 valence electrons. The molecule has 1 heterocycles. The summed E-state index contributed by atoms with van der Waals surface area (Å²) in [5.74, 6) is -0.679. The average molecular weight is 337 g/mol. The molecule has 0 bridgehead atoms. The van der Waals surface area contributed by atoms with Crippen molar-refractivity contribution < 1.29 is 14.5 Å². The van der Waals surface area contributed by atoms with E-state index in [2.05, 4.69) is 5.32 Å². The van der Waals surface area contributed by atoms with Gasteiger partial charge < -0.3 is 15.0 Å². The van der Waals surface area contributed by atoms with Gasteiger partial charge in [0.2, 0.25) is 0 Å². The Morgan fingerprint density at radius 3 is 2.78 bits per heavy atom. The molecule has 0 aromatic heterocycles. The van der Waals surface area contributed by atoms with Gasteiger partial charge in [-0.25, -0.2) is 0 Å². The van der Waals surface area contributed by atoms with Gasteiger partial charge in [0.15, 0.2) is 0 Å². The van der Waals surface area contributed by atoms with E-state index in [0.29, 0.717) is 26.3 Å². The van der Waals surface area contributed by atoms with Crippen LogP contribution in [0.25, 0.3) is 0 Å². The first-order chi connectivity index (χ1) is 11.0. The lowest BCUT2D eigenvalue weighted by Gasteiger charge is -2.25. The molecule has 1 saturated heterocycles. The van der Waals surface area contributed by atoms with Crippen LogP contribution in [-0.4, -0.2) is 42.0 Å². The van der Waals surface area contributed by atoms with Crippen molar-refractivity contribution in [3.05, 3.63) is 45.1 Å². The molecule has 0 saturated carbocycles. The minimum atomic E-state index is -0.679. The molecule has 0 aliphatic carbocycles. The Labute approximate surface area is 137 Å². The molecule has 1 fully saturated rings. The summed E-state index contributed by atoms with van der Waals surface area (Å²) in [7, 11) is 0. The van der Waals surface area contributed by atoms with Gasteiger partial charge in [-0.3, -0.25) is 14.9 Å². The van der Waals surface area contributed by atoms with Crippen LogP contribution in [0.3, 0.4) is 0 Å². The SMILES string of the molecule is N#C/C(=C/N1CCOCC1)C(=O)Nc1cc([N+](=O)[O-])ccc1Cl. The second-order valence-electron chi connectivity index (χ2n) is 4.68. The number of ether oxygens (including phenoxy) is 1. The summed E-state index contributed by atoms with van der Waals surface area (Å²) in [5.41, 5.74) is -0.246. The molecule has 8 nitrogen and oxygen atoms in total. The maximum Gasteiger partial charge on any atom is 0.271 e. The molecule has 1 aromatic rings. The lowest BCUT2D eigenvalue weighted by Crippen LogP contribution is -2.33. The van der Waals surface area contributed by atoms with Gasteiger partial charge in [0.05, 0.1) is 28.8 Å². The van der Waals surface area contributed by atoms with Gasteiger partial charge in [0.25, 0.3) is 11.6 Å². The molecule has 0 radical (unpaired) electrons. The minimum Gasteiger partial charge on any atom is -0.378 e. The van der Waals surface area contributed by atoms with Crippen molar-refractivity contribution in [2.45, 2.75) is 0 Å². The molecule has 1 amide bonds. The Kier molecular flexibility index (Phi) is 5.51. The van der Waals surface area contributed by atoms with Gasteiger partial charge in [0, 0.05) is 31.4 Å². The van der Waals surface area contributed by atoms with Crippen LogP contribution in [0.5, 0.6) is 0 Å². The fourth-order valence-electron chi connectivity index (χ4n) is 1.94. The summed E-state index contributed by atoms with van der Waals surface area (Å²) >= 11 is 5.92. The maximum absolute atomic E-state index is 12.2. The average Bonchev–Trinajstić information content (AvgIpc) is 2.55. The standard InChI is InChI=1S/C14H13ClN4O4/c15-12-2-1-11(19(21)22)7-13(12)17-14(20)10(8-16)9-18-3-5-23-6-4-18/h1-2,7,9H,3-6H2,(H,17,20)/b10-9-. The third-order valence-electron chi connectivity index (χ3n) is 3.13.